The van der Waals surface area contributed by atoms with Crippen LogP contribution in [0.1, 0.15) is 38.7 Å². The summed E-state index contributed by atoms with van der Waals surface area (Å²) in [5.74, 6) is 5.55. The minimum atomic E-state index is -3.49. The van der Waals surface area contributed by atoms with Crippen molar-refractivity contribution in [3.63, 3.8) is 0 Å². The summed E-state index contributed by atoms with van der Waals surface area (Å²) >= 11 is 0. The quantitative estimate of drug-likeness (QED) is 0.787. The van der Waals surface area contributed by atoms with Crippen LogP contribution in [-0.2, 0) is 10.0 Å². The van der Waals surface area contributed by atoms with Gasteiger partial charge in [0.25, 0.3) is 0 Å². The summed E-state index contributed by atoms with van der Waals surface area (Å²) in [6.45, 7) is 4.22. The Balaban J connectivity index is 2.87. The lowest BCUT2D eigenvalue weighted by atomic mass is 10.2. The second kappa shape index (κ2) is 8.05. The first-order valence-corrected chi connectivity index (χ1v) is 8.29. The Morgan fingerprint density at radius 3 is 2.80 bits per heavy atom. The zero-order valence-electron chi connectivity index (χ0n) is 12.0. The van der Waals surface area contributed by atoms with Gasteiger partial charge in [0.15, 0.2) is 0 Å². The van der Waals surface area contributed by atoms with Crippen molar-refractivity contribution in [2.75, 3.05) is 6.54 Å². The van der Waals surface area contributed by atoms with E-state index in [2.05, 4.69) is 23.5 Å². The molecule has 1 rings (SSSR count). The molecule has 0 bridgehead atoms. The number of nitrogens with two attached hydrogens (primary N) is 1. The van der Waals surface area contributed by atoms with E-state index in [4.69, 9.17) is 5.73 Å². The minimum Gasteiger partial charge on any atom is -0.320 e. The second-order valence-corrected chi connectivity index (χ2v) is 6.41. The topological polar surface area (TPSA) is 72.2 Å². The summed E-state index contributed by atoms with van der Waals surface area (Å²) in [5, 5.41) is 0. The zero-order valence-corrected chi connectivity index (χ0v) is 12.8. The van der Waals surface area contributed by atoms with E-state index in [-0.39, 0.29) is 17.5 Å². The SMILES string of the molecule is CCCCC(C)NS(=O)(=O)c1cccc(C#CCN)c1. The first-order valence-electron chi connectivity index (χ1n) is 6.81. The van der Waals surface area contributed by atoms with Crippen LogP contribution in [0, 0.1) is 11.8 Å². The van der Waals surface area contributed by atoms with Gasteiger partial charge in [-0.3, -0.25) is 0 Å². The van der Waals surface area contributed by atoms with Crippen LogP contribution in [0.15, 0.2) is 29.2 Å². The summed E-state index contributed by atoms with van der Waals surface area (Å²) in [5.41, 5.74) is 5.96. The fourth-order valence-corrected chi connectivity index (χ4v) is 3.12. The Morgan fingerprint density at radius 1 is 1.40 bits per heavy atom. The van der Waals surface area contributed by atoms with Crippen LogP contribution in [0.5, 0.6) is 0 Å². The Bertz CT molecular complexity index is 585. The molecule has 0 spiro atoms. The largest absolute Gasteiger partial charge is 0.320 e. The molecular weight excluding hydrogens is 272 g/mol. The number of unbranched alkanes of at least 4 members (excludes halogenated alkanes) is 1. The standard InChI is InChI=1S/C15H22N2O2S/c1-3-4-7-13(2)17-20(18,19)15-10-5-8-14(12-15)9-6-11-16/h5,8,10,12-13,17H,3-4,7,11,16H2,1-2H3. The van der Waals surface area contributed by atoms with E-state index in [0.717, 1.165) is 19.3 Å². The summed E-state index contributed by atoms with van der Waals surface area (Å²) in [4.78, 5) is 0.240. The van der Waals surface area contributed by atoms with Crippen molar-refractivity contribution >= 4 is 10.0 Å². The van der Waals surface area contributed by atoms with Gasteiger partial charge in [0.1, 0.15) is 0 Å². The van der Waals surface area contributed by atoms with Crippen LogP contribution >= 0.6 is 0 Å². The molecule has 0 radical (unpaired) electrons. The van der Waals surface area contributed by atoms with Gasteiger partial charge in [0, 0.05) is 11.6 Å². The molecule has 0 fully saturated rings. The lowest BCUT2D eigenvalue weighted by molar-refractivity contribution is 0.534. The first-order chi connectivity index (χ1) is 9.49. The molecule has 0 aliphatic carbocycles. The number of hydrogen-bond donors (Lipinski definition) is 2. The average molecular weight is 294 g/mol. The number of nitrogens with one attached hydrogen (secondary N) is 1. The molecule has 110 valence electrons. The zero-order chi connectivity index (χ0) is 15.0. The molecule has 0 amide bonds. The smallest absolute Gasteiger partial charge is 0.240 e. The Morgan fingerprint density at radius 2 is 2.15 bits per heavy atom. The molecule has 0 aromatic heterocycles. The van der Waals surface area contributed by atoms with Gasteiger partial charge in [-0.1, -0.05) is 37.7 Å². The van der Waals surface area contributed by atoms with Crippen molar-refractivity contribution in [2.24, 2.45) is 5.73 Å². The van der Waals surface area contributed by atoms with Crippen molar-refractivity contribution < 1.29 is 8.42 Å². The van der Waals surface area contributed by atoms with Crippen molar-refractivity contribution in [3.8, 4) is 11.8 Å². The third-order valence-electron chi connectivity index (χ3n) is 2.83. The van der Waals surface area contributed by atoms with E-state index >= 15 is 0 Å². The first kappa shape index (κ1) is 16.7. The highest BCUT2D eigenvalue weighted by atomic mass is 32.2. The summed E-state index contributed by atoms with van der Waals surface area (Å²) < 4.78 is 27.2. The highest BCUT2D eigenvalue weighted by molar-refractivity contribution is 7.89. The summed E-state index contributed by atoms with van der Waals surface area (Å²) in [6, 6.07) is 6.52. The van der Waals surface area contributed by atoms with Crippen LogP contribution in [0.2, 0.25) is 0 Å². The molecular formula is C15H22N2O2S. The van der Waals surface area contributed by atoms with E-state index in [0.29, 0.717) is 5.56 Å². The van der Waals surface area contributed by atoms with E-state index in [9.17, 15) is 8.42 Å². The third-order valence-corrected chi connectivity index (χ3v) is 4.41. The van der Waals surface area contributed by atoms with E-state index in [1.54, 1.807) is 24.3 Å². The van der Waals surface area contributed by atoms with Gasteiger partial charge < -0.3 is 5.73 Å². The van der Waals surface area contributed by atoms with Gasteiger partial charge >= 0.3 is 0 Å². The molecule has 4 nitrogen and oxygen atoms in total. The molecule has 1 aromatic carbocycles. The maximum absolute atomic E-state index is 12.2. The van der Waals surface area contributed by atoms with E-state index in [1.807, 2.05) is 6.92 Å². The molecule has 3 N–H and O–H groups in total. The predicted octanol–water partition coefficient (Wildman–Crippen LogP) is 1.85. The molecule has 1 unspecified atom stereocenters. The Hall–Kier alpha value is -1.35. The van der Waals surface area contributed by atoms with Crippen molar-refractivity contribution in [3.05, 3.63) is 29.8 Å². The highest BCUT2D eigenvalue weighted by Crippen LogP contribution is 2.12. The van der Waals surface area contributed by atoms with Crippen LogP contribution < -0.4 is 10.5 Å². The molecule has 0 aliphatic heterocycles. The van der Waals surface area contributed by atoms with Crippen molar-refractivity contribution in [2.45, 2.75) is 44.0 Å². The van der Waals surface area contributed by atoms with Gasteiger partial charge in [-0.25, -0.2) is 13.1 Å². The van der Waals surface area contributed by atoms with E-state index < -0.39 is 10.0 Å². The predicted molar refractivity (Wildman–Crippen MR) is 81.7 cm³/mol. The summed E-state index contributed by atoms with van der Waals surface area (Å²) in [7, 11) is -3.49. The second-order valence-electron chi connectivity index (χ2n) is 4.70. The molecule has 0 saturated heterocycles. The van der Waals surface area contributed by atoms with Crippen molar-refractivity contribution in [1.82, 2.24) is 4.72 Å². The van der Waals surface area contributed by atoms with Crippen LogP contribution in [0.25, 0.3) is 0 Å². The monoisotopic (exact) mass is 294 g/mol. The third kappa shape index (κ3) is 5.33. The van der Waals surface area contributed by atoms with E-state index in [1.165, 1.54) is 0 Å². The molecule has 0 heterocycles. The van der Waals surface area contributed by atoms with Crippen molar-refractivity contribution in [1.29, 1.82) is 0 Å². The van der Waals surface area contributed by atoms with Gasteiger partial charge in [0.2, 0.25) is 10.0 Å². The molecule has 5 heteroatoms. The number of benzene rings is 1. The molecule has 1 aromatic rings. The number of sulfonamides is 1. The molecule has 20 heavy (non-hydrogen) atoms. The fraction of sp³-hybridized carbons (Fsp3) is 0.467. The van der Waals surface area contributed by atoms with Gasteiger partial charge in [-0.05, 0) is 31.5 Å². The Kier molecular flexibility index (Phi) is 6.73. The minimum absolute atomic E-state index is 0.0706. The maximum Gasteiger partial charge on any atom is 0.240 e. The van der Waals surface area contributed by atoms with Crippen LogP contribution in [-0.4, -0.2) is 21.0 Å². The van der Waals surface area contributed by atoms with Gasteiger partial charge in [-0.15, -0.1) is 0 Å². The lowest BCUT2D eigenvalue weighted by Crippen LogP contribution is -2.32. The number of rotatable bonds is 6. The van der Waals surface area contributed by atoms with Crippen LogP contribution in [0.4, 0.5) is 0 Å². The van der Waals surface area contributed by atoms with Gasteiger partial charge in [0.05, 0.1) is 11.4 Å². The fourth-order valence-electron chi connectivity index (χ4n) is 1.80. The molecule has 1 atom stereocenters. The molecule has 0 saturated carbocycles. The Labute approximate surface area is 121 Å². The average Bonchev–Trinajstić information content (AvgIpc) is 2.42. The lowest BCUT2D eigenvalue weighted by Gasteiger charge is -2.13. The maximum atomic E-state index is 12.2. The summed E-state index contributed by atoms with van der Waals surface area (Å²) in [6.07, 6.45) is 2.89. The van der Waals surface area contributed by atoms with Crippen LogP contribution in [0.3, 0.4) is 0 Å². The normalized spacial score (nSPS) is 12.6. The number of hydrogen-bond acceptors (Lipinski definition) is 3. The molecule has 0 aliphatic rings. The van der Waals surface area contributed by atoms with Gasteiger partial charge in [-0.2, -0.15) is 0 Å². The highest BCUT2D eigenvalue weighted by Gasteiger charge is 2.17.